The lowest BCUT2D eigenvalue weighted by atomic mass is 10.3. The quantitative estimate of drug-likeness (QED) is 0.515. The molecule has 0 heterocycles. The van der Waals surface area contributed by atoms with Crippen molar-refractivity contribution in [1.29, 1.82) is 0 Å². The van der Waals surface area contributed by atoms with Gasteiger partial charge >= 0.3 is 0 Å². The topological polar surface area (TPSA) is 0 Å². The molecule has 0 amide bonds. The molecule has 0 unspecified atom stereocenters. The average Bonchev–Trinajstić information content (AvgIpc) is 1.81. The van der Waals surface area contributed by atoms with E-state index < -0.39 is 0 Å². The maximum absolute atomic E-state index is 5.25. The Morgan fingerprint density at radius 3 is 2.62 bits per heavy atom. The van der Waals surface area contributed by atoms with Crippen molar-refractivity contribution in [3.05, 3.63) is 23.8 Å². The third kappa shape index (κ3) is 5.77. The Labute approximate surface area is 55.9 Å². The monoisotopic (exact) mass is 130 g/mol. The van der Waals surface area contributed by atoms with Crippen molar-refractivity contribution >= 4 is 11.6 Å². The van der Waals surface area contributed by atoms with Crippen LogP contribution in [0.2, 0.25) is 0 Å². The third-order valence-corrected chi connectivity index (χ3v) is 0.921. The summed E-state index contributed by atoms with van der Waals surface area (Å²) in [5.41, 5.74) is 1.51. The van der Waals surface area contributed by atoms with Crippen molar-refractivity contribution in [1.82, 2.24) is 0 Å². The zero-order chi connectivity index (χ0) is 6.24. The van der Waals surface area contributed by atoms with E-state index in [4.69, 9.17) is 11.6 Å². The van der Waals surface area contributed by atoms with Crippen molar-refractivity contribution in [2.75, 3.05) is 0 Å². The van der Waals surface area contributed by atoms with E-state index in [2.05, 4.69) is 13.0 Å². The first-order chi connectivity index (χ1) is 3.91. The van der Waals surface area contributed by atoms with Gasteiger partial charge in [0.15, 0.2) is 0 Å². The second-order valence-corrected chi connectivity index (χ2v) is 1.79. The van der Waals surface area contributed by atoms with Crippen LogP contribution in [0.3, 0.4) is 0 Å². The number of allylic oxidation sites excluding steroid dienone is 3. The van der Waals surface area contributed by atoms with Gasteiger partial charge in [0.25, 0.3) is 0 Å². The molecule has 0 atom stereocenters. The van der Waals surface area contributed by atoms with Crippen LogP contribution in [0.5, 0.6) is 0 Å². The third-order valence-electron chi connectivity index (χ3n) is 0.775. The molecule has 8 heavy (non-hydrogen) atoms. The van der Waals surface area contributed by atoms with E-state index in [0.29, 0.717) is 0 Å². The molecule has 0 N–H and O–H groups in total. The van der Waals surface area contributed by atoms with Gasteiger partial charge in [-0.1, -0.05) is 43.2 Å². The van der Waals surface area contributed by atoms with Gasteiger partial charge in [0.2, 0.25) is 0 Å². The molecule has 0 aliphatic carbocycles. The van der Waals surface area contributed by atoms with Crippen LogP contribution in [0.1, 0.15) is 19.8 Å². The first-order valence-corrected chi connectivity index (χ1v) is 3.27. The average molecular weight is 131 g/mol. The second-order valence-electron chi connectivity index (χ2n) is 1.54. The van der Waals surface area contributed by atoms with E-state index in [1.807, 2.05) is 12.2 Å². The molecule has 0 saturated heterocycles. The predicted molar refractivity (Wildman–Crippen MR) is 39.0 cm³/mol. The molecule has 1 heteroatoms. The molecule has 0 aromatic carbocycles. The van der Waals surface area contributed by atoms with E-state index in [-0.39, 0.29) is 0 Å². The Kier molecular flexibility index (Phi) is 6.58. The second kappa shape index (κ2) is 6.77. The highest BCUT2D eigenvalue weighted by atomic mass is 35.5. The zero-order valence-corrected chi connectivity index (χ0v) is 5.86. The summed E-state index contributed by atoms with van der Waals surface area (Å²) in [6.45, 7) is 2.15. The summed E-state index contributed by atoms with van der Waals surface area (Å²) in [6.07, 6.45) is 8.21. The van der Waals surface area contributed by atoms with Gasteiger partial charge in [-0.15, -0.1) is 0 Å². The van der Waals surface area contributed by atoms with Crippen LogP contribution in [0.4, 0.5) is 0 Å². The number of hydrogen-bond acceptors (Lipinski definition) is 0. The lowest BCUT2D eigenvalue weighted by Crippen LogP contribution is -1.57. The SMILES string of the molecule is CCCC=CC=CCl. The summed E-state index contributed by atoms with van der Waals surface area (Å²) < 4.78 is 0. The highest BCUT2D eigenvalue weighted by Crippen LogP contribution is 1.88. The first-order valence-electron chi connectivity index (χ1n) is 2.83. The van der Waals surface area contributed by atoms with E-state index >= 15 is 0 Å². The minimum Gasteiger partial charge on any atom is -0.0930 e. The lowest BCUT2D eigenvalue weighted by Gasteiger charge is -1.77. The van der Waals surface area contributed by atoms with Gasteiger partial charge in [-0.05, 0) is 6.42 Å². The largest absolute Gasteiger partial charge is 0.0930 e. The normalized spacial score (nSPS) is 11.8. The molecule has 0 aliphatic heterocycles. The number of unbranched alkanes of at least 4 members (excludes halogenated alkanes) is 1. The number of rotatable bonds is 3. The van der Waals surface area contributed by atoms with Crippen molar-refractivity contribution < 1.29 is 0 Å². The van der Waals surface area contributed by atoms with E-state index in [1.54, 1.807) is 0 Å². The molecule has 0 fully saturated rings. The van der Waals surface area contributed by atoms with Crippen LogP contribution in [-0.4, -0.2) is 0 Å². The minimum absolute atomic E-state index is 1.14. The maximum Gasteiger partial charge on any atom is 0.00423 e. The standard InChI is InChI=1S/C7H11Cl/c1-2-3-4-5-6-7-8/h4-7H,2-3H2,1H3. The molecule has 0 spiro atoms. The summed E-state index contributed by atoms with van der Waals surface area (Å²) in [5, 5.41) is 0. The Morgan fingerprint density at radius 2 is 2.12 bits per heavy atom. The zero-order valence-electron chi connectivity index (χ0n) is 5.10. The number of halogens is 1. The van der Waals surface area contributed by atoms with Crippen LogP contribution < -0.4 is 0 Å². The maximum atomic E-state index is 5.25. The fraction of sp³-hybridized carbons (Fsp3) is 0.429. The lowest BCUT2D eigenvalue weighted by molar-refractivity contribution is 0.959. The molecular weight excluding hydrogens is 120 g/mol. The molecule has 0 rings (SSSR count). The van der Waals surface area contributed by atoms with E-state index in [0.717, 1.165) is 6.42 Å². The van der Waals surface area contributed by atoms with Crippen molar-refractivity contribution in [2.24, 2.45) is 0 Å². The summed E-state index contributed by atoms with van der Waals surface area (Å²) in [6, 6.07) is 0. The first kappa shape index (κ1) is 7.77. The fourth-order valence-electron chi connectivity index (χ4n) is 0.383. The van der Waals surface area contributed by atoms with Gasteiger partial charge in [-0.3, -0.25) is 0 Å². The van der Waals surface area contributed by atoms with Gasteiger partial charge in [0.1, 0.15) is 0 Å². The van der Waals surface area contributed by atoms with E-state index in [1.165, 1.54) is 12.0 Å². The molecule has 0 aromatic heterocycles. The van der Waals surface area contributed by atoms with Crippen molar-refractivity contribution in [3.63, 3.8) is 0 Å². The molecule has 0 nitrogen and oxygen atoms in total. The summed E-state index contributed by atoms with van der Waals surface area (Å²) >= 11 is 5.25. The Bertz CT molecular complexity index is 82.4. The molecule has 0 aliphatic rings. The summed E-state index contributed by atoms with van der Waals surface area (Å²) in [4.78, 5) is 0. The van der Waals surface area contributed by atoms with Gasteiger partial charge < -0.3 is 0 Å². The van der Waals surface area contributed by atoms with Crippen LogP contribution in [0, 0.1) is 0 Å². The Balaban J connectivity index is 3.07. The Hall–Kier alpha value is -0.230. The summed E-state index contributed by atoms with van der Waals surface area (Å²) in [5.74, 6) is 0. The molecule has 0 saturated carbocycles. The number of hydrogen-bond donors (Lipinski definition) is 0. The van der Waals surface area contributed by atoms with Crippen LogP contribution in [0.15, 0.2) is 23.8 Å². The van der Waals surface area contributed by atoms with Gasteiger partial charge in [0.05, 0.1) is 0 Å². The predicted octanol–water partition coefficient (Wildman–Crippen LogP) is 3.10. The molecular formula is C7H11Cl. The van der Waals surface area contributed by atoms with Gasteiger partial charge in [-0.2, -0.15) is 0 Å². The summed E-state index contributed by atoms with van der Waals surface area (Å²) in [7, 11) is 0. The fourth-order valence-corrected chi connectivity index (χ4v) is 0.467. The molecule has 0 radical (unpaired) electrons. The molecule has 46 valence electrons. The van der Waals surface area contributed by atoms with Crippen molar-refractivity contribution in [3.8, 4) is 0 Å². The van der Waals surface area contributed by atoms with E-state index in [9.17, 15) is 0 Å². The highest BCUT2D eigenvalue weighted by molar-refractivity contribution is 6.25. The van der Waals surface area contributed by atoms with Crippen molar-refractivity contribution in [2.45, 2.75) is 19.8 Å². The van der Waals surface area contributed by atoms with Gasteiger partial charge in [0, 0.05) is 5.54 Å². The molecule has 0 bridgehead atoms. The smallest absolute Gasteiger partial charge is 0.00423 e. The van der Waals surface area contributed by atoms with Gasteiger partial charge in [-0.25, -0.2) is 0 Å². The minimum atomic E-state index is 1.14. The van der Waals surface area contributed by atoms with Crippen LogP contribution >= 0.6 is 11.6 Å². The Morgan fingerprint density at radius 1 is 1.38 bits per heavy atom. The van der Waals surface area contributed by atoms with Crippen LogP contribution in [0.25, 0.3) is 0 Å². The van der Waals surface area contributed by atoms with Crippen LogP contribution in [-0.2, 0) is 0 Å². The molecule has 0 aromatic rings. The highest BCUT2D eigenvalue weighted by Gasteiger charge is 1.67.